The summed E-state index contributed by atoms with van der Waals surface area (Å²) in [5.74, 6) is 0.142. The van der Waals surface area contributed by atoms with Gasteiger partial charge in [-0.15, -0.1) is 0 Å². The molecule has 1 amide bonds. The Morgan fingerprint density at radius 1 is 1.42 bits per heavy atom. The van der Waals surface area contributed by atoms with Gasteiger partial charge in [-0.2, -0.15) is 0 Å². The standard InChI is InChI=1S/C13H26N2O4/c1-11(2)19-10-12(16)9-14-4-3-13(17)15-5-7-18-8-6-15/h11-12,14,16H,3-10H2,1-2H3. The average Bonchev–Trinajstić information content (AvgIpc) is 2.42. The molecule has 1 fully saturated rings. The van der Waals surface area contributed by atoms with Gasteiger partial charge < -0.3 is 24.8 Å². The van der Waals surface area contributed by atoms with E-state index in [-0.39, 0.29) is 12.0 Å². The van der Waals surface area contributed by atoms with Gasteiger partial charge in [-0.25, -0.2) is 0 Å². The molecule has 0 aromatic carbocycles. The Morgan fingerprint density at radius 3 is 2.74 bits per heavy atom. The van der Waals surface area contributed by atoms with E-state index in [0.717, 1.165) is 0 Å². The number of morpholine rings is 1. The van der Waals surface area contributed by atoms with Crippen LogP contribution in [0, 0.1) is 0 Å². The average molecular weight is 274 g/mol. The van der Waals surface area contributed by atoms with Crippen LogP contribution in [0.1, 0.15) is 20.3 Å². The molecule has 0 bridgehead atoms. The van der Waals surface area contributed by atoms with Crippen LogP contribution in [-0.2, 0) is 14.3 Å². The summed E-state index contributed by atoms with van der Waals surface area (Å²) in [5, 5.41) is 12.7. The summed E-state index contributed by atoms with van der Waals surface area (Å²) in [6.07, 6.45) is 0.0519. The van der Waals surface area contributed by atoms with E-state index in [2.05, 4.69) is 5.32 Å². The predicted octanol–water partition coefficient (Wildman–Crippen LogP) is -0.389. The number of aliphatic hydroxyl groups is 1. The van der Waals surface area contributed by atoms with E-state index in [1.165, 1.54) is 0 Å². The molecule has 19 heavy (non-hydrogen) atoms. The molecule has 6 heteroatoms. The van der Waals surface area contributed by atoms with Crippen LogP contribution in [0.2, 0.25) is 0 Å². The number of nitrogens with one attached hydrogen (secondary N) is 1. The monoisotopic (exact) mass is 274 g/mol. The number of ether oxygens (including phenoxy) is 2. The molecular weight excluding hydrogens is 248 g/mol. The van der Waals surface area contributed by atoms with Gasteiger partial charge in [-0.1, -0.05) is 0 Å². The summed E-state index contributed by atoms with van der Waals surface area (Å²) in [6.45, 7) is 7.84. The number of hydrogen-bond acceptors (Lipinski definition) is 5. The van der Waals surface area contributed by atoms with Crippen LogP contribution >= 0.6 is 0 Å². The molecule has 0 aromatic heterocycles. The number of carbonyl (C=O) groups is 1. The lowest BCUT2D eigenvalue weighted by Gasteiger charge is -2.27. The van der Waals surface area contributed by atoms with Gasteiger partial charge >= 0.3 is 0 Å². The summed E-state index contributed by atoms with van der Waals surface area (Å²) in [6, 6.07) is 0. The van der Waals surface area contributed by atoms with Crippen LogP contribution in [0.4, 0.5) is 0 Å². The van der Waals surface area contributed by atoms with E-state index in [1.54, 1.807) is 0 Å². The van der Waals surface area contributed by atoms with Crippen molar-refractivity contribution in [3.8, 4) is 0 Å². The second kappa shape index (κ2) is 9.25. The Kier molecular flexibility index (Phi) is 7.97. The van der Waals surface area contributed by atoms with Crippen molar-refractivity contribution in [1.82, 2.24) is 10.2 Å². The summed E-state index contributed by atoms with van der Waals surface area (Å²) in [5.41, 5.74) is 0. The van der Waals surface area contributed by atoms with Crippen molar-refractivity contribution < 1.29 is 19.4 Å². The second-order valence-electron chi connectivity index (χ2n) is 4.98. The first kappa shape index (κ1) is 16.4. The van der Waals surface area contributed by atoms with Crippen LogP contribution in [0.3, 0.4) is 0 Å². The van der Waals surface area contributed by atoms with Gasteiger partial charge in [0.1, 0.15) is 0 Å². The van der Waals surface area contributed by atoms with Crippen molar-refractivity contribution in [1.29, 1.82) is 0 Å². The van der Waals surface area contributed by atoms with E-state index >= 15 is 0 Å². The van der Waals surface area contributed by atoms with E-state index < -0.39 is 6.10 Å². The highest BCUT2D eigenvalue weighted by Crippen LogP contribution is 1.99. The number of aliphatic hydroxyl groups excluding tert-OH is 1. The third-order valence-corrected chi connectivity index (χ3v) is 2.88. The molecule has 1 saturated heterocycles. The highest BCUT2D eigenvalue weighted by atomic mass is 16.5. The fourth-order valence-electron chi connectivity index (χ4n) is 1.80. The molecule has 6 nitrogen and oxygen atoms in total. The van der Waals surface area contributed by atoms with Crippen molar-refractivity contribution in [2.75, 3.05) is 46.0 Å². The highest BCUT2D eigenvalue weighted by molar-refractivity contribution is 5.76. The van der Waals surface area contributed by atoms with Crippen LogP contribution < -0.4 is 5.32 Å². The van der Waals surface area contributed by atoms with Gasteiger partial charge in [0.2, 0.25) is 5.91 Å². The molecule has 0 aromatic rings. The van der Waals surface area contributed by atoms with E-state index in [4.69, 9.17) is 9.47 Å². The Bertz CT molecular complexity index is 255. The Balaban J connectivity index is 2.01. The highest BCUT2D eigenvalue weighted by Gasteiger charge is 2.16. The lowest BCUT2D eigenvalue weighted by molar-refractivity contribution is -0.135. The van der Waals surface area contributed by atoms with E-state index in [1.807, 2.05) is 18.7 Å². The SMILES string of the molecule is CC(C)OCC(O)CNCCC(=O)N1CCOCC1. The Morgan fingerprint density at radius 2 is 2.11 bits per heavy atom. The molecule has 0 aliphatic carbocycles. The topological polar surface area (TPSA) is 71.0 Å². The number of carbonyl (C=O) groups excluding carboxylic acids is 1. The van der Waals surface area contributed by atoms with Crippen molar-refractivity contribution in [3.63, 3.8) is 0 Å². The molecule has 112 valence electrons. The first-order chi connectivity index (χ1) is 9.09. The first-order valence-corrected chi connectivity index (χ1v) is 6.95. The zero-order valence-electron chi connectivity index (χ0n) is 11.9. The number of nitrogens with zero attached hydrogens (tertiary/aromatic N) is 1. The Hall–Kier alpha value is -0.690. The molecule has 0 saturated carbocycles. The molecule has 0 spiro atoms. The molecule has 1 atom stereocenters. The molecular formula is C13H26N2O4. The van der Waals surface area contributed by atoms with Crippen molar-refractivity contribution in [2.45, 2.75) is 32.5 Å². The van der Waals surface area contributed by atoms with Crippen LogP contribution in [0.15, 0.2) is 0 Å². The molecule has 1 unspecified atom stereocenters. The van der Waals surface area contributed by atoms with Crippen LogP contribution in [-0.4, -0.2) is 74.1 Å². The third kappa shape index (κ3) is 7.47. The number of hydrogen-bond donors (Lipinski definition) is 2. The van der Waals surface area contributed by atoms with E-state index in [0.29, 0.717) is 52.4 Å². The van der Waals surface area contributed by atoms with Crippen molar-refractivity contribution in [3.05, 3.63) is 0 Å². The van der Waals surface area contributed by atoms with E-state index in [9.17, 15) is 9.90 Å². The molecule has 1 aliphatic heterocycles. The summed E-state index contributed by atoms with van der Waals surface area (Å²) in [4.78, 5) is 13.6. The maximum Gasteiger partial charge on any atom is 0.224 e. The van der Waals surface area contributed by atoms with Gasteiger partial charge in [0, 0.05) is 32.6 Å². The van der Waals surface area contributed by atoms with Gasteiger partial charge in [0.05, 0.1) is 32.0 Å². The third-order valence-electron chi connectivity index (χ3n) is 2.88. The first-order valence-electron chi connectivity index (χ1n) is 6.95. The smallest absolute Gasteiger partial charge is 0.224 e. The maximum absolute atomic E-state index is 11.8. The minimum atomic E-state index is -0.527. The molecule has 0 radical (unpaired) electrons. The summed E-state index contributed by atoms with van der Waals surface area (Å²) >= 11 is 0. The molecule has 2 N–H and O–H groups in total. The molecule has 1 heterocycles. The zero-order chi connectivity index (χ0) is 14.1. The Labute approximate surface area is 115 Å². The fraction of sp³-hybridized carbons (Fsp3) is 0.923. The van der Waals surface area contributed by atoms with Crippen molar-refractivity contribution in [2.24, 2.45) is 0 Å². The van der Waals surface area contributed by atoms with Crippen LogP contribution in [0.25, 0.3) is 0 Å². The summed E-state index contributed by atoms with van der Waals surface area (Å²) < 4.78 is 10.5. The lowest BCUT2D eigenvalue weighted by Crippen LogP contribution is -2.42. The number of rotatable bonds is 8. The molecule has 1 aliphatic rings. The number of amides is 1. The lowest BCUT2D eigenvalue weighted by atomic mass is 10.3. The normalized spacial score (nSPS) is 17.8. The summed E-state index contributed by atoms with van der Waals surface area (Å²) in [7, 11) is 0. The maximum atomic E-state index is 11.8. The van der Waals surface area contributed by atoms with Gasteiger partial charge in [0.15, 0.2) is 0 Å². The molecule has 1 rings (SSSR count). The van der Waals surface area contributed by atoms with Crippen LogP contribution in [0.5, 0.6) is 0 Å². The van der Waals surface area contributed by atoms with Gasteiger partial charge in [0.25, 0.3) is 0 Å². The predicted molar refractivity (Wildman–Crippen MR) is 72.0 cm³/mol. The fourth-order valence-corrected chi connectivity index (χ4v) is 1.80. The van der Waals surface area contributed by atoms with Gasteiger partial charge in [-0.3, -0.25) is 4.79 Å². The minimum Gasteiger partial charge on any atom is -0.389 e. The largest absolute Gasteiger partial charge is 0.389 e. The van der Waals surface area contributed by atoms with Crippen molar-refractivity contribution >= 4 is 5.91 Å². The quantitative estimate of drug-likeness (QED) is 0.590. The minimum absolute atomic E-state index is 0.123. The van der Waals surface area contributed by atoms with Gasteiger partial charge in [-0.05, 0) is 13.8 Å². The second-order valence-corrected chi connectivity index (χ2v) is 4.98. The zero-order valence-corrected chi connectivity index (χ0v) is 11.9.